The molecule has 0 aliphatic carbocycles. The molecule has 0 amide bonds. The third kappa shape index (κ3) is 1.79. The monoisotopic (exact) mass is 216 g/mol. The Bertz CT molecular complexity index is 323. The van der Waals surface area contributed by atoms with Crippen LogP contribution in [0.4, 0.5) is 0 Å². The molecule has 3 nitrogen and oxygen atoms in total. The maximum absolute atomic E-state index is 9.58. The summed E-state index contributed by atoms with van der Waals surface area (Å²) in [5.41, 5.74) is 1.18. The first-order valence-electron chi connectivity index (χ1n) is 4.30. The summed E-state index contributed by atoms with van der Waals surface area (Å²) in [6.07, 6.45) is 0. The number of aliphatic hydroxyl groups is 1. The highest BCUT2D eigenvalue weighted by Crippen LogP contribution is 2.39. The van der Waals surface area contributed by atoms with E-state index in [4.69, 9.17) is 16.7 Å². The molecule has 0 aliphatic heterocycles. The van der Waals surface area contributed by atoms with Crippen LogP contribution in [0.2, 0.25) is 5.02 Å². The topological polar surface area (TPSA) is 60.7 Å². The summed E-state index contributed by atoms with van der Waals surface area (Å²) < 4.78 is 0. The van der Waals surface area contributed by atoms with Crippen LogP contribution in [0.1, 0.15) is 24.0 Å². The van der Waals surface area contributed by atoms with E-state index in [2.05, 4.69) is 0 Å². The van der Waals surface area contributed by atoms with Gasteiger partial charge in [0.15, 0.2) is 11.5 Å². The summed E-state index contributed by atoms with van der Waals surface area (Å²) in [5.74, 6) is -0.705. The molecule has 0 radical (unpaired) electrons. The van der Waals surface area contributed by atoms with Crippen LogP contribution in [-0.4, -0.2) is 21.9 Å². The highest BCUT2D eigenvalue weighted by molar-refractivity contribution is 6.31. The molecular formula is C10H13ClO3. The van der Waals surface area contributed by atoms with Crippen LogP contribution in [0, 0.1) is 6.92 Å². The van der Waals surface area contributed by atoms with Gasteiger partial charge in [0.05, 0.1) is 0 Å². The van der Waals surface area contributed by atoms with Gasteiger partial charge in [0.1, 0.15) is 0 Å². The second kappa shape index (κ2) is 4.07. The molecule has 0 saturated heterocycles. The van der Waals surface area contributed by atoms with Crippen molar-refractivity contribution >= 4 is 11.6 Å². The SMILES string of the molecule is Cc1c(Cl)cc(O)c(O)c1C(C)CO. The van der Waals surface area contributed by atoms with Crippen molar-refractivity contribution in [1.29, 1.82) is 0 Å². The Kier molecular flexibility index (Phi) is 3.24. The first-order chi connectivity index (χ1) is 6.49. The van der Waals surface area contributed by atoms with Crippen molar-refractivity contribution in [3.8, 4) is 11.5 Å². The highest BCUT2D eigenvalue weighted by atomic mass is 35.5. The van der Waals surface area contributed by atoms with Gasteiger partial charge in [0, 0.05) is 29.2 Å². The zero-order valence-corrected chi connectivity index (χ0v) is 8.84. The normalized spacial score (nSPS) is 12.9. The van der Waals surface area contributed by atoms with Crippen molar-refractivity contribution in [2.45, 2.75) is 19.8 Å². The first-order valence-corrected chi connectivity index (χ1v) is 4.68. The molecule has 0 aromatic heterocycles. The van der Waals surface area contributed by atoms with E-state index in [0.717, 1.165) is 0 Å². The van der Waals surface area contributed by atoms with Crippen molar-refractivity contribution in [3.63, 3.8) is 0 Å². The van der Waals surface area contributed by atoms with E-state index in [9.17, 15) is 10.2 Å². The molecule has 3 N–H and O–H groups in total. The number of aliphatic hydroxyl groups excluding tert-OH is 1. The van der Waals surface area contributed by atoms with Gasteiger partial charge in [0.2, 0.25) is 0 Å². The number of benzene rings is 1. The van der Waals surface area contributed by atoms with Gasteiger partial charge in [0.25, 0.3) is 0 Å². The number of hydrogen-bond acceptors (Lipinski definition) is 3. The van der Waals surface area contributed by atoms with Gasteiger partial charge >= 0.3 is 0 Å². The Labute approximate surface area is 87.6 Å². The van der Waals surface area contributed by atoms with Crippen LogP contribution in [0.15, 0.2) is 6.07 Å². The number of rotatable bonds is 2. The second-order valence-corrected chi connectivity index (χ2v) is 3.76. The Hall–Kier alpha value is -0.930. The lowest BCUT2D eigenvalue weighted by atomic mass is 9.95. The van der Waals surface area contributed by atoms with Crippen LogP contribution in [-0.2, 0) is 0 Å². The average molecular weight is 217 g/mol. The van der Waals surface area contributed by atoms with E-state index >= 15 is 0 Å². The Morgan fingerprint density at radius 2 is 2.00 bits per heavy atom. The Morgan fingerprint density at radius 1 is 1.43 bits per heavy atom. The number of phenolic OH excluding ortho intramolecular Hbond substituents is 2. The Morgan fingerprint density at radius 3 is 2.50 bits per heavy atom. The fourth-order valence-corrected chi connectivity index (χ4v) is 1.64. The van der Waals surface area contributed by atoms with Crippen LogP contribution in [0.25, 0.3) is 0 Å². The third-order valence-electron chi connectivity index (χ3n) is 2.29. The summed E-state index contributed by atoms with van der Waals surface area (Å²) in [4.78, 5) is 0. The molecule has 0 spiro atoms. The van der Waals surface area contributed by atoms with Crippen molar-refractivity contribution in [1.82, 2.24) is 0 Å². The molecule has 14 heavy (non-hydrogen) atoms. The molecule has 0 aliphatic rings. The predicted molar refractivity (Wildman–Crippen MR) is 55.0 cm³/mol. The lowest BCUT2D eigenvalue weighted by Crippen LogP contribution is -2.02. The lowest BCUT2D eigenvalue weighted by Gasteiger charge is -2.16. The minimum absolute atomic E-state index is 0.103. The van der Waals surface area contributed by atoms with E-state index in [1.54, 1.807) is 13.8 Å². The van der Waals surface area contributed by atoms with Crippen molar-refractivity contribution in [2.75, 3.05) is 6.61 Å². The molecule has 0 saturated carbocycles. The zero-order chi connectivity index (χ0) is 10.9. The summed E-state index contributed by atoms with van der Waals surface area (Å²) in [6.45, 7) is 3.38. The van der Waals surface area contributed by atoms with E-state index in [1.165, 1.54) is 6.07 Å². The maximum atomic E-state index is 9.58. The molecule has 1 aromatic rings. The van der Waals surface area contributed by atoms with Gasteiger partial charge in [-0.2, -0.15) is 0 Å². The predicted octanol–water partition coefficient (Wildman–Crippen LogP) is 2.16. The minimum atomic E-state index is -0.254. The first kappa shape index (κ1) is 11.1. The third-order valence-corrected chi connectivity index (χ3v) is 2.68. The largest absolute Gasteiger partial charge is 0.504 e. The zero-order valence-electron chi connectivity index (χ0n) is 8.08. The van der Waals surface area contributed by atoms with Crippen LogP contribution >= 0.6 is 11.6 Å². The summed E-state index contributed by atoms with van der Waals surface area (Å²) in [7, 11) is 0. The van der Waals surface area contributed by atoms with Gasteiger partial charge in [-0.05, 0) is 12.5 Å². The summed E-state index contributed by atoms with van der Waals surface area (Å²) >= 11 is 5.84. The standard InChI is InChI=1S/C10H13ClO3/c1-5(4-12)9-6(2)7(11)3-8(13)10(9)14/h3,5,12-14H,4H2,1-2H3. The molecule has 4 heteroatoms. The smallest absolute Gasteiger partial charge is 0.161 e. The van der Waals surface area contributed by atoms with Crippen LogP contribution in [0.3, 0.4) is 0 Å². The number of hydrogen-bond donors (Lipinski definition) is 3. The van der Waals surface area contributed by atoms with Crippen LogP contribution in [0.5, 0.6) is 11.5 Å². The molecule has 1 unspecified atom stereocenters. The molecule has 0 heterocycles. The fraction of sp³-hybridized carbons (Fsp3) is 0.400. The van der Waals surface area contributed by atoms with Crippen molar-refractivity contribution < 1.29 is 15.3 Å². The minimum Gasteiger partial charge on any atom is -0.504 e. The highest BCUT2D eigenvalue weighted by Gasteiger charge is 2.18. The lowest BCUT2D eigenvalue weighted by molar-refractivity contribution is 0.269. The molecule has 1 aromatic carbocycles. The average Bonchev–Trinajstić information content (AvgIpc) is 2.15. The van der Waals surface area contributed by atoms with Crippen LogP contribution < -0.4 is 0 Å². The van der Waals surface area contributed by atoms with E-state index in [0.29, 0.717) is 16.1 Å². The van der Waals surface area contributed by atoms with E-state index < -0.39 is 0 Å². The molecule has 1 rings (SSSR count). The second-order valence-electron chi connectivity index (χ2n) is 3.35. The molecular weight excluding hydrogens is 204 g/mol. The molecule has 1 atom stereocenters. The van der Waals surface area contributed by atoms with Gasteiger partial charge in [-0.25, -0.2) is 0 Å². The van der Waals surface area contributed by atoms with Gasteiger partial charge < -0.3 is 15.3 Å². The van der Waals surface area contributed by atoms with E-state index in [-0.39, 0.29) is 24.0 Å². The quantitative estimate of drug-likeness (QED) is 0.664. The van der Waals surface area contributed by atoms with Gasteiger partial charge in [-0.3, -0.25) is 0 Å². The van der Waals surface area contributed by atoms with Gasteiger partial charge in [-0.1, -0.05) is 18.5 Å². The maximum Gasteiger partial charge on any atom is 0.161 e. The molecule has 0 bridgehead atoms. The van der Waals surface area contributed by atoms with Crippen molar-refractivity contribution in [3.05, 3.63) is 22.2 Å². The Balaban J connectivity index is 3.39. The number of aromatic hydroxyl groups is 2. The van der Waals surface area contributed by atoms with E-state index in [1.807, 2.05) is 0 Å². The number of halogens is 1. The van der Waals surface area contributed by atoms with Crippen molar-refractivity contribution in [2.24, 2.45) is 0 Å². The summed E-state index contributed by atoms with van der Waals surface area (Å²) in [5, 5.41) is 28.3. The molecule has 78 valence electrons. The summed E-state index contributed by atoms with van der Waals surface area (Å²) in [6, 6.07) is 1.29. The van der Waals surface area contributed by atoms with Gasteiger partial charge in [-0.15, -0.1) is 0 Å². The molecule has 0 fully saturated rings. The fourth-order valence-electron chi connectivity index (χ4n) is 1.44. The number of phenols is 2.